The smallest absolute Gasteiger partial charge is 0.323 e. The van der Waals surface area contributed by atoms with Crippen LogP contribution in [0.5, 0.6) is 5.75 Å². The van der Waals surface area contributed by atoms with Gasteiger partial charge in [0.1, 0.15) is 96.9 Å². The lowest BCUT2D eigenvalue weighted by atomic mass is 9.99. The maximum atomic E-state index is 16.0. The van der Waals surface area contributed by atoms with Crippen LogP contribution in [0.25, 0.3) is 21.8 Å². The van der Waals surface area contributed by atoms with Crippen LogP contribution in [0, 0.1) is 0 Å². The van der Waals surface area contributed by atoms with E-state index in [2.05, 4.69) is 58.2 Å². The number of aromatic amines is 1. The number of unbranched alkanes of at least 4 members (excludes halogenated alkanes) is 3. The molecule has 2 aromatic heterocycles. The number of benzene rings is 3. The lowest BCUT2D eigenvalue weighted by molar-refractivity contribution is -0.149. The number of carbonyl (C=O) groups is 19. The van der Waals surface area contributed by atoms with Crippen LogP contribution in [-0.4, -0.2) is 331 Å². The van der Waals surface area contributed by atoms with Crippen LogP contribution in [-0.2, 0) is 117 Å². The number of methoxy groups -OCH3 is 1. The van der Waals surface area contributed by atoms with Crippen molar-refractivity contribution in [2.75, 3.05) is 79.0 Å². The molecule has 45 nitrogen and oxygen atoms in total. The number of thioether (sulfide) groups is 1. The molecule has 24 N–H and O–H groups in total. The zero-order valence-electron chi connectivity index (χ0n) is 78.0. The number of nitrogens with one attached hydrogen (secondary N) is 11. The third-order valence-electron chi connectivity index (χ3n) is 24.5. The number of nitrogens with zero attached hydrogens (tertiary/aromatic N) is 6. The molecule has 3 saturated heterocycles. The first-order valence-corrected chi connectivity index (χ1v) is 46.9. The fraction of sp³-hybridized carbons (Fsp3) is 0.549. The Balaban J connectivity index is 1.22. The number of fused-ring (bicyclic) bond motifs is 4. The van der Waals surface area contributed by atoms with Crippen molar-refractivity contribution in [1.29, 1.82) is 0 Å². The second kappa shape index (κ2) is 52.7. The second-order valence-electron chi connectivity index (χ2n) is 34.4. The Kier molecular flexibility index (Phi) is 41.9. The van der Waals surface area contributed by atoms with Crippen LogP contribution in [0.15, 0.2) is 85.2 Å². The normalized spacial score (nSPS) is 24.5. The fourth-order valence-corrected chi connectivity index (χ4v) is 17.7. The van der Waals surface area contributed by atoms with Gasteiger partial charge >= 0.3 is 11.9 Å². The Morgan fingerprint density at radius 1 is 0.526 bits per heavy atom. The number of likely N-dealkylation sites (N-methyl/N-ethyl adjacent to an activating group) is 3. The minimum atomic E-state index is -1.81. The van der Waals surface area contributed by atoms with Crippen molar-refractivity contribution in [2.45, 2.75) is 240 Å². The number of aliphatic carboxylic acids is 2. The monoisotopic (exact) mass is 1930 g/mol. The van der Waals surface area contributed by atoms with Crippen molar-refractivity contribution in [2.24, 2.45) is 28.7 Å². The van der Waals surface area contributed by atoms with Gasteiger partial charge in [-0.2, -0.15) is 0 Å². The lowest BCUT2D eigenvalue weighted by Crippen LogP contribution is -2.61. The molecule has 3 aliphatic heterocycles. The van der Waals surface area contributed by atoms with Gasteiger partial charge < -0.3 is 136 Å². The van der Waals surface area contributed by atoms with Crippen molar-refractivity contribution in [3.05, 3.63) is 102 Å². The number of nitrogens with two attached hydrogens (primary N) is 5. The number of carboxylic acid groups (broad SMARTS) is 2. The van der Waals surface area contributed by atoms with Gasteiger partial charge in [-0.25, -0.2) is 0 Å². The molecule has 15 atom stereocenters. The van der Waals surface area contributed by atoms with Crippen molar-refractivity contribution < 1.29 is 111 Å². The summed E-state index contributed by atoms with van der Waals surface area (Å²) in [5.41, 5.74) is 31.8. The highest BCUT2D eigenvalue weighted by Gasteiger charge is 2.47. The first-order valence-electron chi connectivity index (χ1n) is 45.8. The largest absolute Gasteiger partial charge is 0.497 e. The minimum Gasteiger partial charge on any atom is -0.497 e. The highest BCUT2D eigenvalue weighted by molar-refractivity contribution is 8.00. The SMILES string of the molecule is CCCC[C@H]1C(=O)N(C)[C@@H](CCCC)C(=O)N[C@@H](CCC(=O)O)C(=O)N[C@H](C(=O)NCC(N)=O)CSCC(=O)N[C@@H](Cc2ccc(OC)cc2)C(=O)N(C)[C@@H](C)C(=O)N[C@@H](CC(N)=O)C(=O)N2CCC[C@H]2C(=O)N[C@@H](CN)C(=O)N[C@@H](CCCCN)C(=O)N2C[C@H](O)C[C@H]2C(=O)N[C@@H](Cc2c[nH]c3ccccc23)C(=O)N[C@@H](CCN)C(=O)N[C@@H](Cc2cn(CC(=O)O)c3ccccc23)C(=O)N1C. The van der Waals surface area contributed by atoms with Crippen LogP contribution >= 0.6 is 11.8 Å². The number of aliphatic hydroxyl groups is 1. The molecule has 748 valence electrons. The molecule has 0 saturated carbocycles. The molecular formula is C91H130N22O23S. The van der Waals surface area contributed by atoms with E-state index in [9.17, 15) is 72.9 Å². The topological polar surface area (TPSA) is 682 Å². The van der Waals surface area contributed by atoms with Crippen LogP contribution in [0.1, 0.15) is 140 Å². The van der Waals surface area contributed by atoms with E-state index in [4.69, 9.17) is 33.4 Å². The molecule has 5 heterocycles. The van der Waals surface area contributed by atoms with Gasteiger partial charge in [-0.1, -0.05) is 88.1 Å². The number of H-pyrrole nitrogens is 1. The molecule has 0 aliphatic carbocycles. The number of hydrogen-bond donors (Lipinski definition) is 19. The van der Waals surface area contributed by atoms with E-state index in [1.807, 2.05) is 0 Å². The van der Waals surface area contributed by atoms with Gasteiger partial charge in [-0.05, 0) is 119 Å². The van der Waals surface area contributed by atoms with Crippen molar-refractivity contribution in [1.82, 2.24) is 87.2 Å². The van der Waals surface area contributed by atoms with Gasteiger partial charge in [-0.3, -0.25) is 91.1 Å². The van der Waals surface area contributed by atoms with E-state index in [0.717, 1.165) is 24.5 Å². The highest BCUT2D eigenvalue weighted by atomic mass is 32.2. The third-order valence-corrected chi connectivity index (χ3v) is 25.5. The number of para-hydroxylation sites is 2. The summed E-state index contributed by atoms with van der Waals surface area (Å²) in [4.78, 5) is 283. The summed E-state index contributed by atoms with van der Waals surface area (Å²) in [5, 5.41) is 58.7. The fourth-order valence-electron chi connectivity index (χ4n) is 16.8. The molecule has 8 rings (SSSR count). The van der Waals surface area contributed by atoms with Gasteiger partial charge in [0, 0.05) is 113 Å². The summed E-state index contributed by atoms with van der Waals surface area (Å²) in [7, 11) is 5.19. The van der Waals surface area contributed by atoms with Gasteiger partial charge in [0.25, 0.3) is 0 Å². The second-order valence-corrected chi connectivity index (χ2v) is 35.5. The number of hydrogen-bond acceptors (Lipinski definition) is 25. The van der Waals surface area contributed by atoms with E-state index in [1.165, 1.54) is 45.9 Å². The zero-order valence-corrected chi connectivity index (χ0v) is 78.8. The molecule has 17 amide bonds. The molecule has 0 bridgehead atoms. The number of amides is 17. The van der Waals surface area contributed by atoms with Crippen LogP contribution < -0.4 is 86.6 Å². The first-order chi connectivity index (χ1) is 65.3. The number of carbonyl (C=O) groups excluding carboxylic acids is 17. The van der Waals surface area contributed by atoms with E-state index in [-0.39, 0.29) is 90.3 Å². The van der Waals surface area contributed by atoms with Gasteiger partial charge in [-0.15, -0.1) is 11.8 Å². The van der Waals surface area contributed by atoms with Crippen molar-refractivity contribution >= 4 is 146 Å². The number of aromatic nitrogens is 2. The number of carboxylic acids is 2. The van der Waals surface area contributed by atoms with Gasteiger partial charge in [0.15, 0.2) is 0 Å². The molecule has 5 aromatic rings. The van der Waals surface area contributed by atoms with Crippen molar-refractivity contribution in [3.63, 3.8) is 0 Å². The van der Waals surface area contributed by atoms with Crippen LogP contribution in [0.2, 0.25) is 0 Å². The van der Waals surface area contributed by atoms with E-state index < -0.39 is 273 Å². The average molecular weight is 1930 g/mol. The molecule has 0 spiro atoms. The summed E-state index contributed by atoms with van der Waals surface area (Å²) >= 11 is 0.713. The number of ether oxygens (including phenoxy) is 1. The van der Waals surface area contributed by atoms with Crippen LogP contribution in [0.3, 0.4) is 0 Å². The predicted octanol–water partition coefficient (Wildman–Crippen LogP) is -4.03. The molecular weight excluding hydrogens is 1800 g/mol. The standard InChI is InChI=1S/C91H130N22O23S/c1-8-10-23-69-84(128)101-59(31-32-76(118)119)80(124)107-67(79(123)98-44-74(96)116)48-137-49-75(117)99-63(37-51-27-29-55(136-7)30-28-51)87(131)108(4)50(3)78(122)104-65(41-73(95)115)90(134)112-36-18-26-70(112)85(129)106-66(42-94)83(127)102-61(22-16-17-34-92)89(133)113-46-54(114)40-72(113)86(130)103-62(38-52-43-97-58-21-14-12-19-56(52)58)82(126)100-60(33-35-93)81(125)105-64(88(132)110(6)71(24-11-9-2)91(135)109(69)5)39-53-45-111(47-77(120)121)68-25-15-13-20-57(53)68/h12-15,19-21,25,27-30,43,45,50,54,59-67,69-72,97,114H,8-11,16-18,22-24,26,31-42,44,46-49,92-94H2,1-7H3,(H2,95,115)(H2,96,116)(H,98,123)(H,99,117)(H,100,126)(H,101,128)(H,102,127)(H,103,130)(H,104,122)(H,105,125)(H,106,129)(H,107,124)(H,118,119)(H,120,121)/t50-,54+,59-,60-,61-,62-,63-,64-,65-,66-,67-,69-,70-,71-,72-/m0/s1. The Hall–Kier alpha value is -13.3. The van der Waals surface area contributed by atoms with Gasteiger partial charge in [0.2, 0.25) is 100 Å². The summed E-state index contributed by atoms with van der Waals surface area (Å²) in [6.07, 6.45) is -0.585. The summed E-state index contributed by atoms with van der Waals surface area (Å²) in [6.45, 7) is 2.13. The quantitative estimate of drug-likeness (QED) is 0.0195. The van der Waals surface area contributed by atoms with Crippen LogP contribution in [0.4, 0.5) is 0 Å². The van der Waals surface area contributed by atoms with E-state index in [0.29, 0.717) is 75.3 Å². The highest BCUT2D eigenvalue weighted by Crippen LogP contribution is 2.29. The first kappa shape index (κ1) is 109. The maximum absolute atomic E-state index is 16.0. The molecule has 46 heteroatoms. The van der Waals surface area contributed by atoms with E-state index >= 15 is 33.6 Å². The van der Waals surface area contributed by atoms with E-state index in [1.54, 1.807) is 92.8 Å². The Morgan fingerprint density at radius 3 is 1.74 bits per heavy atom. The Morgan fingerprint density at radius 2 is 1.09 bits per heavy atom. The minimum absolute atomic E-state index is 0.0339. The number of aliphatic hydroxyl groups excluding tert-OH is 1. The lowest BCUT2D eigenvalue weighted by Gasteiger charge is -2.36. The third kappa shape index (κ3) is 30.6. The molecule has 137 heavy (non-hydrogen) atoms. The average Bonchev–Trinajstić information content (AvgIpc) is 1.64. The summed E-state index contributed by atoms with van der Waals surface area (Å²) in [6, 6.07) is -2.55. The molecule has 3 aromatic carbocycles. The van der Waals surface area contributed by atoms with Crippen molar-refractivity contribution in [3.8, 4) is 5.75 Å². The Labute approximate surface area is 795 Å². The summed E-state index contributed by atoms with van der Waals surface area (Å²) in [5.74, 6) is -20.1. The molecule has 3 fully saturated rings. The Bertz CT molecular complexity index is 5150. The summed E-state index contributed by atoms with van der Waals surface area (Å²) < 4.78 is 6.74. The molecule has 0 radical (unpaired) electrons. The maximum Gasteiger partial charge on any atom is 0.323 e. The predicted molar refractivity (Wildman–Crippen MR) is 500 cm³/mol. The molecule has 3 aliphatic rings. The van der Waals surface area contributed by atoms with Gasteiger partial charge in [0.05, 0.1) is 31.9 Å². The zero-order chi connectivity index (χ0) is 101. The number of primary amides is 2. The molecule has 0 unspecified atom stereocenters. The number of rotatable bonds is 30.